The molecule has 5 heteroatoms. The zero-order chi connectivity index (χ0) is 8.84. The number of thiophene rings is 1. The summed E-state index contributed by atoms with van der Waals surface area (Å²) in [6.45, 7) is 0. The topological polar surface area (TPSA) is 54.7 Å². The molecule has 2 aromatic heterocycles. The molecule has 1 amide bonds. The molecule has 0 spiro atoms. The SMILES string of the molecule is O=C1N=Nc2c1cnc1sccc21. The second-order valence-electron chi connectivity index (χ2n) is 2.67. The summed E-state index contributed by atoms with van der Waals surface area (Å²) in [4.78, 5) is 16.2. The van der Waals surface area contributed by atoms with Crippen molar-refractivity contribution >= 4 is 33.1 Å². The highest BCUT2D eigenvalue weighted by Gasteiger charge is 2.20. The first-order valence-corrected chi connectivity index (χ1v) is 4.56. The molecule has 3 rings (SSSR count). The lowest BCUT2D eigenvalue weighted by Crippen LogP contribution is -1.89. The van der Waals surface area contributed by atoms with Crippen molar-refractivity contribution in [3.05, 3.63) is 23.2 Å². The number of nitrogens with zero attached hydrogens (tertiary/aromatic N) is 3. The molecule has 0 aromatic carbocycles. The predicted molar refractivity (Wildman–Crippen MR) is 48.5 cm³/mol. The van der Waals surface area contributed by atoms with Gasteiger partial charge in [-0.05, 0) is 11.4 Å². The van der Waals surface area contributed by atoms with Crippen molar-refractivity contribution in [3.8, 4) is 0 Å². The number of carbonyl (C=O) groups excluding carboxylic acids is 1. The average molecular weight is 189 g/mol. The molecule has 1 aliphatic heterocycles. The van der Waals surface area contributed by atoms with E-state index in [2.05, 4.69) is 15.2 Å². The number of hydrogen-bond donors (Lipinski definition) is 0. The zero-order valence-corrected chi connectivity index (χ0v) is 7.21. The molecule has 0 aliphatic carbocycles. The quantitative estimate of drug-likeness (QED) is 0.639. The van der Waals surface area contributed by atoms with Gasteiger partial charge in [-0.2, -0.15) is 0 Å². The first-order valence-electron chi connectivity index (χ1n) is 3.68. The number of amides is 1. The normalized spacial score (nSPS) is 14.0. The Morgan fingerprint density at radius 2 is 2.23 bits per heavy atom. The van der Waals surface area contributed by atoms with E-state index in [4.69, 9.17) is 0 Å². The first kappa shape index (κ1) is 6.85. The van der Waals surface area contributed by atoms with Crippen LogP contribution in [-0.2, 0) is 0 Å². The van der Waals surface area contributed by atoms with Crippen LogP contribution >= 0.6 is 11.3 Å². The third kappa shape index (κ3) is 0.790. The fourth-order valence-corrected chi connectivity index (χ4v) is 2.06. The van der Waals surface area contributed by atoms with E-state index in [1.807, 2.05) is 11.4 Å². The van der Waals surface area contributed by atoms with E-state index in [-0.39, 0.29) is 5.91 Å². The highest BCUT2D eigenvalue weighted by molar-refractivity contribution is 7.16. The van der Waals surface area contributed by atoms with Crippen LogP contribution in [0, 0.1) is 0 Å². The van der Waals surface area contributed by atoms with Crippen LogP contribution in [0.4, 0.5) is 5.69 Å². The summed E-state index contributed by atoms with van der Waals surface area (Å²) >= 11 is 1.53. The number of hydrogen-bond acceptors (Lipinski definition) is 4. The van der Waals surface area contributed by atoms with Crippen LogP contribution < -0.4 is 0 Å². The van der Waals surface area contributed by atoms with E-state index in [9.17, 15) is 4.79 Å². The zero-order valence-electron chi connectivity index (χ0n) is 6.39. The van der Waals surface area contributed by atoms with E-state index in [0.717, 1.165) is 10.2 Å². The van der Waals surface area contributed by atoms with Crippen molar-refractivity contribution in [2.45, 2.75) is 0 Å². The maximum atomic E-state index is 11.1. The summed E-state index contributed by atoms with van der Waals surface area (Å²) in [5.41, 5.74) is 1.17. The van der Waals surface area contributed by atoms with E-state index in [1.54, 1.807) is 0 Å². The van der Waals surface area contributed by atoms with Crippen molar-refractivity contribution in [3.63, 3.8) is 0 Å². The molecule has 0 N–H and O–H groups in total. The van der Waals surface area contributed by atoms with Crippen LogP contribution in [0.2, 0.25) is 0 Å². The van der Waals surface area contributed by atoms with E-state index < -0.39 is 0 Å². The van der Waals surface area contributed by atoms with Crippen LogP contribution in [0.5, 0.6) is 0 Å². The Morgan fingerprint density at radius 1 is 1.31 bits per heavy atom. The lowest BCUT2D eigenvalue weighted by Gasteiger charge is -1.93. The Balaban J connectivity index is 2.52. The fraction of sp³-hybridized carbons (Fsp3) is 0. The van der Waals surface area contributed by atoms with Gasteiger partial charge in [0.2, 0.25) is 0 Å². The largest absolute Gasteiger partial charge is 0.299 e. The molecular formula is C8H3N3OS. The maximum absolute atomic E-state index is 11.1. The van der Waals surface area contributed by atoms with Gasteiger partial charge in [0.15, 0.2) is 0 Å². The highest BCUT2D eigenvalue weighted by Crippen LogP contribution is 2.35. The van der Waals surface area contributed by atoms with Crippen LogP contribution in [0.15, 0.2) is 27.9 Å². The molecule has 0 unspecified atom stereocenters. The monoisotopic (exact) mass is 189 g/mol. The predicted octanol–water partition coefficient (Wildman–Crippen LogP) is 2.53. The summed E-state index contributed by atoms with van der Waals surface area (Å²) < 4.78 is 0. The van der Waals surface area contributed by atoms with Gasteiger partial charge in [0.1, 0.15) is 10.5 Å². The molecule has 0 saturated carbocycles. The minimum atomic E-state index is -0.296. The summed E-state index contributed by atoms with van der Waals surface area (Å²) in [6, 6.07) is 1.91. The van der Waals surface area contributed by atoms with E-state index in [0.29, 0.717) is 11.3 Å². The van der Waals surface area contributed by atoms with Crippen molar-refractivity contribution < 1.29 is 4.79 Å². The molecule has 3 heterocycles. The second-order valence-corrected chi connectivity index (χ2v) is 3.56. The Bertz CT molecular complexity index is 543. The van der Waals surface area contributed by atoms with Gasteiger partial charge in [-0.1, -0.05) is 0 Å². The summed E-state index contributed by atoms with van der Waals surface area (Å²) in [5.74, 6) is -0.296. The van der Waals surface area contributed by atoms with E-state index >= 15 is 0 Å². The molecule has 62 valence electrons. The minimum Gasteiger partial charge on any atom is -0.265 e. The Kier molecular flexibility index (Phi) is 1.16. The molecule has 0 radical (unpaired) electrons. The van der Waals surface area contributed by atoms with Crippen molar-refractivity contribution in [2.24, 2.45) is 10.2 Å². The molecule has 1 aliphatic rings. The van der Waals surface area contributed by atoms with Gasteiger partial charge in [-0.3, -0.25) is 4.79 Å². The van der Waals surface area contributed by atoms with Gasteiger partial charge in [-0.25, -0.2) is 4.98 Å². The van der Waals surface area contributed by atoms with Crippen LogP contribution in [0.1, 0.15) is 10.4 Å². The number of rotatable bonds is 0. The second kappa shape index (κ2) is 2.20. The summed E-state index contributed by atoms with van der Waals surface area (Å²) in [7, 11) is 0. The Morgan fingerprint density at radius 3 is 3.15 bits per heavy atom. The molecule has 0 fully saturated rings. The van der Waals surface area contributed by atoms with Gasteiger partial charge in [0.25, 0.3) is 5.91 Å². The molecule has 2 aromatic rings. The third-order valence-electron chi connectivity index (χ3n) is 1.94. The lowest BCUT2D eigenvalue weighted by molar-refractivity contribution is 0.100. The highest BCUT2D eigenvalue weighted by atomic mass is 32.1. The summed E-state index contributed by atoms with van der Waals surface area (Å²) in [6.07, 6.45) is 1.54. The number of pyridine rings is 1. The van der Waals surface area contributed by atoms with Crippen LogP contribution in [0.3, 0.4) is 0 Å². The van der Waals surface area contributed by atoms with Gasteiger partial charge in [0, 0.05) is 11.6 Å². The molecule has 0 saturated heterocycles. The number of carbonyl (C=O) groups is 1. The van der Waals surface area contributed by atoms with Crippen LogP contribution in [-0.4, -0.2) is 10.9 Å². The number of aromatic nitrogens is 1. The Labute approximate surface area is 76.9 Å². The molecule has 4 nitrogen and oxygen atoms in total. The van der Waals surface area contributed by atoms with Gasteiger partial charge in [0.05, 0.1) is 5.56 Å². The van der Waals surface area contributed by atoms with Crippen molar-refractivity contribution in [2.75, 3.05) is 0 Å². The molecule has 0 bridgehead atoms. The van der Waals surface area contributed by atoms with Crippen LogP contribution in [0.25, 0.3) is 10.2 Å². The van der Waals surface area contributed by atoms with Gasteiger partial charge < -0.3 is 0 Å². The molecule has 13 heavy (non-hydrogen) atoms. The Hall–Kier alpha value is -1.62. The molecular weight excluding hydrogens is 186 g/mol. The van der Waals surface area contributed by atoms with Crippen molar-refractivity contribution in [1.29, 1.82) is 0 Å². The molecule has 0 atom stereocenters. The van der Waals surface area contributed by atoms with E-state index in [1.165, 1.54) is 17.5 Å². The van der Waals surface area contributed by atoms with Gasteiger partial charge in [-0.15, -0.1) is 21.6 Å². The maximum Gasteiger partial charge on any atom is 0.299 e. The first-order chi connectivity index (χ1) is 6.36. The average Bonchev–Trinajstić information content (AvgIpc) is 2.70. The van der Waals surface area contributed by atoms with Crippen molar-refractivity contribution in [1.82, 2.24) is 4.98 Å². The third-order valence-corrected chi connectivity index (χ3v) is 2.76. The number of fused-ring (bicyclic) bond motifs is 3. The minimum absolute atomic E-state index is 0.296. The smallest absolute Gasteiger partial charge is 0.265 e. The van der Waals surface area contributed by atoms with Gasteiger partial charge >= 0.3 is 0 Å². The number of azo groups is 1. The summed E-state index contributed by atoms with van der Waals surface area (Å²) in [5, 5.41) is 10.1. The fourth-order valence-electron chi connectivity index (χ4n) is 1.32. The standard InChI is InChI=1S/C8H3N3OS/c12-7-5-3-9-8-4(1-2-13-8)6(5)10-11-7/h1-3H. The lowest BCUT2D eigenvalue weighted by atomic mass is 10.2.